The van der Waals surface area contributed by atoms with Gasteiger partial charge in [0.1, 0.15) is 11.6 Å². The van der Waals surface area contributed by atoms with Crippen molar-refractivity contribution >= 4 is 34.6 Å². The molecule has 0 spiro atoms. The van der Waals surface area contributed by atoms with Crippen molar-refractivity contribution in [3.63, 3.8) is 0 Å². The predicted molar refractivity (Wildman–Crippen MR) is 166 cm³/mol. The average molecular weight is 602 g/mol. The van der Waals surface area contributed by atoms with E-state index < -0.39 is 11.7 Å². The number of halogens is 3. The molecule has 0 aliphatic carbocycles. The molecule has 3 aromatic heterocycles. The molecule has 5 aromatic rings. The van der Waals surface area contributed by atoms with Crippen molar-refractivity contribution in [3.8, 4) is 22.3 Å². The molecule has 1 fully saturated rings. The van der Waals surface area contributed by atoms with Crippen LogP contribution in [0.4, 0.5) is 36.4 Å². The molecule has 0 radical (unpaired) electrons. The second-order valence-electron chi connectivity index (χ2n) is 10.5. The van der Waals surface area contributed by atoms with Crippen LogP contribution in [0.3, 0.4) is 0 Å². The van der Waals surface area contributed by atoms with E-state index in [4.69, 9.17) is 0 Å². The van der Waals surface area contributed by atoms with E-state index in [1.54, 1.807) is 29.8 Å². The molecule has 11 heteroatoms. The topological polar surface area (TPSA) is 69.2 Å². The van der Waals surface area contributed by atoms with Gasteiger partial charge in [-0.3, -0.25) is 4.90 Å². The summed E-state index contributed by atoms with van der Waals surface area (Å²) in [6, 6.07) is 19.0. The maximum Gasteiger partial charge on any atom is 0.416 e. The van der Waals surface area contributed by atoms with Crippen molar-refractivity contribution < 1.29 is 13.2 Å². The average Bonchev–Trinajstić information content (AvgIpc) is 3.55. The molecule has 2 N–H and O–H groups in total. The third kappa shape index (κ3) is 7.19. The van der Waals surface area contributed by atoms with Gasteiger partial charge in [-0.1, -0.05) is 30.3 Å². The molecule has 1 aliphatic heterocycles. The van der Waals surface area contributed by atoms with Crippen LogP contribution in [-0.2, 0) is 12.7 Å². The molecule has 0 bridgehead atoms. The molecular weight excluding hydrogens is 571 g/mol. The van der Waals surface area contributed by atoms with Crippen molar-refractivity contribution in [2.75, 3.05) is 43.9 Å². The van der Waals surface area contributed by atoms with E-state index in [2.05, 4.69) is 59.9 Å². The minimum absolute atomic E-state index is 0.265. The van der Waals surface area contributed by atoms with Crippen LogP contribution < -0.4 is 10.6 Å². The van der Waals surface area contributed by atoms with Gasteiger partial charge in [-0.05, 0) is 70.9 Å². The molecule has 0 atom stereocenters. The lowest BCUT2D eigenvalue weighted by atomic mass is 10.0. The first-order chi connectivity index (χ1) is 20.8. The highest BCUT2D eigenvalue weighted by Crippen LogP contribution is 2.34. The van der Waals surface area contributed by atoms with Crippen molar-refractivity contribution in [3.05, 3.63) is 101 Å². The smallest absolute Gasteiger partial charge is 0.340 e. The maximum absolute atomic E-state index is 13.4. The fraction of sp³-hybridized carbons (Fsp3) is 0.219. The fourth-order valence-electron chi connectivity index (χ4n) is 4.89. The summed E-state index contributed by atoms with van der Waals surface area (Å²) in [5.41, 5.74) is 4.31. The number of nitrogens with one attached hydrogen (secondary N) is 2. The molecule has 4 heterocycles. The van der Waals surface area contributed by atoms with Crippen LogP contribution in [0.15, 0.2) is 89.9 Å². The SMILES string of the molecule is CN1CCN(Cc2ccc(-c3cnc(Nc4ccc(-c5ccsc5)cn4)nc3Nc3cccc(C(F)(F)F)c3)cc2)CC1. The van der Waals surface area contributed by atoms with Crippen LogP contribution in [-0.4, -0.2) is 58.0 Å². The van der Waals surface area contributed by atoms with Crippen LogP contribution in [0.1, 0.15) is 11.1 Å². The number of aromatic nitrogens is 3. The number of anilines is 4. The number of hydrogen-bond donors (Lipinski definition) is 2. The number of piperazine rings is 1. The van der Waals surface area contributed by atoms with Crippen LogP contribution in [0.25, 0.3) is 22.3 Å². The lowest BCUT2D eigenvalue weighted by Crippen LogP contribution is -2.43. The second kappa shape index (κ2) is 12.5. The summed E-state index contributed by atoms with van der Waals surface area (Å²) in [7, 11) is 2.14. The molecular formula is C32H30F3N7S. The third-order valence-corrected chi connectivity index (χ3v) is 8.05. The molecule has 0 unspecified atom stereocenters. The Labute approximate surface area is 252 Å². The quantitative estimate of drug-likeness (QED) is 0.191. The summed E-state index contributed by atoms with van der Waals surface area (Å²) < 4.78 is 40.3. The predicted octanol–water partition coefficient (Wildman–Crippen LogP) is 7.52. The van der Waals surface area contributed by atoms with Crippen LogP contribution >= 0.6 is 11.3 Å². The standard InChI is InChI=1S/C32H30F3N7S/c1-41-12-14-42(15-13-41)20-22-5-7-23(8-6-22)28-19-37-31(39-29-10-9-24(18-36-29)25-11-16-43-21-25)40-30(28)38-27-4-2-3-26(17-27)32(33,34)35/h2-11,16-19,21H,12-15,20H2,1H3,(H2,36,37,38,39,40). The summed E-state index contributed by atoms with van der Waals surface area (Å²) in [5, 5.41) is 10.3. The van der Waals surface area contributed by atoms with Crippen molar-refractivity contribution in [2.45, 2.75) is 12.7 Å². The fourth-order valence-corrected chi connectivity index (χ4v) is 5.56. The summed E-state index contributed by atoms with van der Waals surface area (Å²) in [4.78, 5) is 18.4. The number of nitrogens with zero attached hydrogens (tertiary/aromatic N) is 5. The van der Waals surface area contributed by atoms with Gasteiger partial charge < -0.3 is 15.5 Å². The Morgan fingerprint density at radius 2 is 1.63 bits per heavy atom. The number of alkyl halides is 3. The zero-order valence-electron chi connectivity index (χ0n) is 23.5. The van der Waals surface area contributed by atoms with E-state index in [1.807, 2.05) is 35.7 Å². The Morgan fingerprint density at radius 3 is 2.33 bits per heavy atom. The Kier molecular flexibility index (Phi) is 8.37. The molecule has 1 aliphatic rings. The van der Waals surface area contributed by atoms with Crippen LogP contribution in [0.5, 0.6) is 0 Å². The van der Waals surface area contributed by atoms with E-state index in [9.17, 15) is 13.2 Å². The summed E-state index contributed by atoms with van der Waals surface area (Å²) in [5.74, 6) is 1.18. The van der Waals surface area contributed by atoms with Gasteiger partial charge in [0.15, 0.2) is 0 Å². The van der Waals surface area contributed by atoms with Gasteiger partial charge in [0, 0.05) is 61.9 Å². The van der Waals surface area contributed by atoms with Gasteiger partial charge >= 0.3 is 6.18 Å². The highest BCUT2D eigenvalue weighted by Gasteiger charge is 2.30. The second-order valence-corrected chi connectivity index (χ2v) is 11.3. The van der Waals surface area contributed by atoms with E-state index in [1.165, 1.54) is 11.6 Å². The zero-order chi connectivity index (χ0) is 29.8. The molecule has 7 nitrogen and oxygen atoms in total. The number of pyridine rings is 1. The van der Waals surface area contributed by atoms with E-state index in [-0.39, 0.29) is 11.6 Å². The first-order valence-electron chi connectivity index (χ1n) is 13.9. The molecule has 43 heavy (non-hydrogen) atoms. The van der Waals surface area contributed by atoms with Crippen LogP contribution in [0.2, 0.25) is 0 Å². The maximum atomic E-state index is 13.4. The first kappa shape index (κ1) is 28.8. The molecule has 220 valence electrons. The van der Waals surface area contributed by atoms with Crippen molar-refractivity contribution in [2.24, 2.45) is 0 Å². The molecule has 0 saturated carbocycles. The molecule has 6 rings (SSSR count). The molecule has 0 amide bonds. The Morgan fingerprint density at radius 1 is 0.837 bits per heavy atom. The number of rotatable bonds is 8. The summed E-state index contributed by atoms with van der Waals surface area (Å²) in [6.45, 7) is 5.01. The lowest BCUT2D eigenvalue weighted by molar-refractivity contribution is -0.137. The lowest BCUT2D eigenvalue weighted by Gasteiger charge is -2.32. The molecule has 2 aromatic carbocycles. The monoisotopic (exact) mass is 601 g/mol. The number of benzene rings is 2. The number of thiophene rings is 1. The van der Waals surface area contributed by atoms with E-state index >= 15 is 0 Å². The van der Waals surface area contributed by atoms with Crippen molar-refractivity contribution in [1.82, 2.24) is 24.8 Å². The number of hydrogen-bond acceptors (Lipinski definition) is 8. The highest BCUT2D eigenvalue weighted by molar-refractivity contribution is 7.08. The van der Waals surface area contributed by atoms with Gasteiger partial charge in [-0.25, -0.2) is 9.97 Å². The highest BCUT2D eigenvalue weighted by atomic mass is 32.1. The van der Waals surface area contributed by atoms with Crippen LogP contribution in [0, 0.1) is 0 Å². The first-order valence-corrected chi connectivity index (χ1v) is 14.8. The van der Waals surface area contributed by atoms with Gasteiger partial charge in [0.25, 0.3) is 0 Å². The Balaban J connectivity index is 1.27. The number of likely N-dealkylation sites (N-methyl/N-ethyl adjacent to an activating group) is 1. The normalized spacial score (nSPS) is 14.5. The van der Waals surface area contributed by atoms with Gasteiger partial charge in [0.2, 0.25) is 5.95 Å². The van der Waals surface area contributed by atoms with Gasteiger partial charge in [-0.2, -0.15) is 29.5 Å². The Bertz CT molecular complexity index is 1650. The minimum Gasteiger partial charge on any atom is -0.340 e. The zero-order valence-corrected chi connectivity index (χ0v) is 24.3. The van der Waals surface area contributed by atoms with Crippen molar-refractivity contribution in [1.29, 1.82) is 0 Å². The molecule has 1 saturated heterocycles. The largest absolute Gasteiger partial charge is 0.416 e. The van der Waals surface area contributed by atoms with E-state index in [0.29, 0.717) is 17.2 Å². The summed E-state index contributed by atoms with van der Waals surface area (Å²) in [6.07, 6.45) is -1.02. The van der Waals surface area contributed by atoms with E-state index in [0.717, 1.165) is 61.5 Å². The minimum atomic E-state index is -4.46. The van der Waals surface area contributed by atoms with Gasteiger partial charge in [-0.15, -0.1) is 0 Å². The third-order valence-electron chi connectivity index (χ3n) is 7.37. The summed E-state index contributed by atoms with van der Waals surface area (Å²) >= 11 is 1.62. The van der Waals surface area contributed by atoms with Gasteiger partial charge in [0.05, 0.1) is 5.56 Å². The Hall–Kier alpha value is -4.32.